The predicted octanol–water partition coefficient (Wildman–Crippen LogP) is 4.54. The molecule has 0 amide bonds. The molecule has 1 aliphatic rings. The van der Waals surface area contributed by atoms with Crippen LogP contribution in [0.5, 0.6) is 5.75 Å². The maximum absolute atomic E-state index is 6.10. The van der Waals surface area contributed by atoms with E-state index >= 15 is 0 Å². The fourth-order valence-corrected chi connectivity index (χ4v) is 3.29. The van der Waals surface area contributed by atoms with E-state index in [0.717, 1.165) is 25.0 Å². The summed E-state index contributed by atoms with van der Waals surface area (Å²) in [4.78, 5) is 0. The number of fused-ring (bicyclic) bond motifs is 1. The molecule has 0 aliphatic heterocycles. The van der Waals surface area contributed by atoms with Gasteiger partial charge < -0.3 is 18.9 Å². The van der Waals surface area contributed by atoms with Crippen LogP contribution in [-0.2, 0) is 33.7 Å². The van der Waals surface area contributed by atoms with Gasteiger partial charge in [0.2, 0.25) is 0 Å². The molecular formula is C23H30O4. The van der Waals surface area contributed by atoms with Crippen molar-refractivity contribution in [3.8, 4) is 5.75 Å². The summed E-state index contributed by atoms with van der Waals surface area (Å²) in [7, 11) is 0. The van der Waals surface area contributed by atoms with Crippen LogP contribution in [0.4, 0.5) is 0 Å². The van der Waals surface area contributed by atoms with Gasteiger partial charge in [-0.2, -0.15) is 0 Å². The number of hydrogen-bond donors (Lipinski definition) is 0. The van der Waals surface area contributed by atoms with Gasteiger partial charge >= 0.3 is 0 Å². The maximum atomic E-state index is 6.10. The summed E-state index contributed by atoms with van der Waals surface area (Å²) in [5.74, 6) is 0.863. The SMILES string of the molecule is CCCOC(COc1ccc2c(c1)CC(OCc1ccccc1)C2)OCC. The molecule has 0 saturated heterocycles. The summed E-state index contributed by atoms with van der Waals surface area (Å²) < 4.78 is 23.3. The van der Waals surface area contributed by atoms with E-state index in [-0.39, 0.29) is 12.4 Å². The Morgan fingerprint density at radius 3 is 2.56 bits per heavy atom. The summed E-state index contributed by atoms with van der Waals surface area (Å²) in [6.07, 6.45) is 2.78. The second-order valence-electron chi connectivity index (χ2n) is 6.82. The van der Waals surface area contributed by atoms with Crippen LogP contribution in [0.3, 0.4) is 0 Å². The summed E-state index contributed by atoms with van der Waals surface area (Å²) >= 11 is 0. The molecule has 0 radical (unpaired) electrons. The van der Waals surface area contributed by atoms with E-state index < -0.39 is 0 Å². The molecule has 2 atom stereocenters. The molecule has 2 aromatic carbocycles. The van der Waals surface area contributed by atoms with Crippen molar-refractivity contribution in [1.82, 2.24) is 0 Å². The average Bonchev–Trinajstić information content (AvgIpc) is 3.11. The first-order chi connectivity index (χ1) is 13.3. The fraction of sp³-hybridized carbons (Fsp3) is 0.478. The Kier molecular flexibility index (Phi) is 7.69. The lowest BCUT2D eigenvalue weighted by atomic mass is 10.1. The standard InChI is InChI=1S/C23H30O4/c1-3-12-25-23(24-4-2)17-27-21-11-10-19-13-22(15-20(19)14-21)26-16-18-8-6-5-7-9-18/h5-11,14,22-23H,3-4,12-13,15-17H2,1-2H3. The lowest BCUT2D eigenvalue weighted by molar-refractivity contribution is -0.155. The second kappa shape index (κ2) is 10.5. The predicted molar refractivity (Wildman–Crippen MR) is 106 cm³/mol. The minimum absolute atomic E-state index is 0.236. The van der Waals surface area contributed by atoms with E-state index in [1.807, 2.05) is 31.2 Å². The highest BCUT2D eigenvalue weighted by molar-refractivity contribution is 5.39. The van der Waals surface area contributed by atoms with Gasteiger partial charge in [0.05, 0.1) is 12.7 Å². The van der Waals surface area contributed by atoms with Crippen molar-refractivity contribution in [2.75, 3.05) is 19.8 Å². The van der Waals surface area contributed by atoms with Gasteiger partial charge in [-0.15, -0.1) is 0 Å². The largest absolute Gasteiger partial charge is 0.488 e. The Balaban J connectivity index is 1.50. The number of rotatable bonds is 11. The Morgan fingerprint density at radius 2 is 1.78 bits per heavy atom. The molecule has 0 heterocycles. The van der Waals surface area contributed by atoms with E-state index in [2.05, 4.69) is 31.2 Å². The Bertz CT molecular complexity index is 686. The maximum Gasteiger partial charge on any atom is 0.191 e. The Morgan fingerprint density at radius 1 is 0.963 bits per heavy atom. The summed E-state index contributed by atoms with van der Waals surface area (Å²) in [6.45, 7) is 6.41. The van der Waals surface area contributed by atoms with Crippen LogP contribution in [-0.4, -0.2) is 32.2 Å². The van der Waals surface area contributed by atoms with Crippen molar-refractivity contribution in [3.63, 3.8) is 0 Å². The zero-order valence-electron chi connectivity index (χ0n) is 16.4. The quantitative estimate of drug-likeness (QED) is 0.544. The zero-order valence-corrected chi connectivity index (χ0v) is 16.4. The zero-order chi connectivity index (χ0) is 18.9. The molecular weight excluding hydrogens is 340 g/mol. The fourth-order valence-electron chi connectivity index (χ4n) is 3.29. The lowest BCUT2D eigenvalue weighted by Gasteiger charge is -2.18. The molecule has 2 unspecified atom stereocenters. The molecule has 2 aromatic rings. The second-order valence-corrected chi connectivity index (χ2v) is 6.82. The molecule has 0 saturated carbocycles. The number of benzene rings is 2. The van der Waals surface area contributed by atoms with E-state index in [1.54, 1.807) is 0 Å². The molecule has 0 N–H and O–H groups in total. The first-order valence-electron chi connectivity index (χ1n) is 9.91. The van der Waals surface area contributed by atoms with Crippen LogP contribution in [0.1, 0.15) is 37.0 Å². The molecule has 0 fully saturated rings. The smallest absolute Gasteiger partial charge is 0.191 e. The van der Waals surface area contributed by atoms with Gasteiger partial charge in [0, 0.05) is 13.2 Å². The summed E-state index contributed by atoms with van der Waals surface area (Å²) in [6, 6.07) is 16.6. The molecule has 0 bridgehead atoms. The number of hydrogen-bond acceptors (Lipinski definition) is 4. The summed E-state index contributed by atoms with van der Waals surface area (Å²) in [5, 5.41) is 0. The Labute approximate surface area is 162 Å². The molecule has 4 nitrogen and oxygen atoms in total. The highest BCUT2D eigenvalue weighted by Crippen LogP contribution is 2.28. The van der Waals surface area contributed by atoms with Gasteiger partial charge in [0.15, 0.2) is 6.29 Å². The first-order valence-corrected chi connectivity index (χ1v) is 9.91. The van der Waals surface area contributed by atoms with Gasteiger partial charge in [-0.25, -0.2) is 0 Å². The van der Waals surface area contributed by atoms with Crippen molar-refractivity contribution >= 4 is 0 Å². The van der Waals surface area contributed by atoms with Crippen LogP contribution < -0.4 is 4.74 Å². The van der Waals surface area contributed by atoms with Gasteiger partial charge in [-0.3, -0.25) is 0 Å². The third-order valence-electron chi connectivity index (χ3n) is 4.65. The van der Waals surface area contributed by atoms with Crippen molar-refractivity contribution in [2.24, 2.45) is 0 Å². The third-order valence-corrected chi connectivity index (χ3v) is 4.65. The molecule has 0 spiro atoms. The van der Waals surface area contributed by atoms with Crippen LogP contribution in [0.25, 0.3) is 0 Å². The van der Waals surface area contributed by atoms with Crippen LogP contribution in [0, 0.1) is 0 Å². The molecule has 1 aliphatic carbocycles. The van der Waals surface area contributed by atoms with Crippen LogP contribution >= 0.6 is 0 Å². The van der Waals surface area contributed by atoms with Crippen molar-refractivity contribution in [2.45, 2.75) is 52.1 Å². The highest BCUT2D eigenvalue weighted by Gasteiger charge is 2.22. The Hall–Kier alpha value is -1.88. The van der Waals surface area contributed by atoms with Crippen LogP contribution in [0.15, 0.2) is 48.5 Å². The minimum atomic E-state index is -0.315. The van der Waals surface area contributed by atoms with Gasteiger partial charge in [-0.05, 0) is 55.0 Å². The van der Waals surface area contributed by atoms with Crippen LogP contribution in [0.2, 0.25) is 0 Å². The normalized spacial score (nSPS) is 16.9. The molecule has 3 rings (SSSR count). The molecule has 0 aromatic heterocycles. The third kappa shape index (κ3) is 6.06. The minimum Gasteiger partial charge on any atom is -0.488 e. The lowest BCUT2D eigenvalue weighted by Crippen LogP contribution is -2.25. The highest BCUT2D eigenvalue weighted by atomic mass is 16.7. The van der Waals surface area contributed by atoms with E-state index in [4.69, 9.17) is 18.9 Å². The summed E-state index contributed by atoms with van der Waals surface area (Å²) in [5.41, 5.74) is 3.88. The van der Waals surface area contributed by atoms with Gasteiger partial charge in [0.25, 0.3) is 0 Å². The van der Waals surface area contributed by atoms with E-state index in [1.165, 1.54) is 16.7 Å². The van der Waals surface area contributed by atoms with E-state index in [9.17, 15) is 0 Å². The first kappa shape index (κ1) is 19.9. The van der Waals surface area contributed by atoms with Crippen molar-refractivity contribution < 1.29 is 18.9 Å². The average molecular weight is 370 g/mol. The van der Waals surface area contributed by atoms with Crippen molar-refractivity contribution in [3.05, 3.63) is 65.2 Å². The van der Waals surface area contributed by atoms with E-state index in [0.29, 0.717) is 26.4 Å². The monoisotopic (exact) mass is 370 g/mol. The van der Waals surface area contributed by atoms with Crippen molar-refractivity contribution in [1.29, 1.82) is 0 Å². The van der Waals surface area contributed by atoms with Gasteiger partial charge in [0.1, 0.15) is 12.4 Å². The topological polar surface area (TPSA) is 36.9 Å². The molecule has 27 heavy (non-hydrogen) atoms. The number of ether oxygens (including phenoxy) is 4. The van der Waals surface area contributed by atoms with Gasteiger partial charge in [-0.1, -0.05) is 43.3 Å². The molecule has 146 valence electrons. The molecule has 4 heteroatoms.